The quantitative estimate of drug-likeness (QED) is 0.853. The predicted molar refractivity (Wildman–Crippen MR) is 88.7 cm³/mol. The lowest BCUT2D eigenvalue weighted by atomic mass is 10.2. The summed E-state index contributed by atoms with van der Waals surface area (Å²) < 4.78 is 16.7. The lowest BCUT2D eigenvalue weighted by molar-refractivity contribution is 0.261. The molecule has 3 rings (SSSR count). The van der Waals surface area contributed by atoms with Crippen LogP contribution in [0.3, 0.4) is 0 Å². The fourth-order valence-corrected chi connectivity index (χ4v) is 2.29. The Hall–Kier alpha value is -2.69. The van der Waals surface area contributed by atoms with Crippen LogP contribution in [0.1, 0.15) is 12.0 Å². The Morgan fingerprint density at radius 3 is 2.57 bits per heavy atom. The van der Waals surface area contributed by atoms with Gasteiger partial charge in [-0.1, -0.05) is 36.4 Å². The van der Waals surface area contributed by atoms with Crippen molar-refractivity contribution in [2.24, 2.45) is 10.7 Å². The summed E-state index contributed by atoms with van der Waals surface area (Å²) in [7, 11) is 0. The van der Waals surface area contributed by atoms with Crippen molar-refractivity contribution in [3.05, 3.63) is 60.2 Å². The van der Waals surface area contributed by atoms with Crippen LogP contribution in [0.5, 0.6) is 11.5 Å². The molecule has 1 aliphatic rings. The molecule has 0 bridgehead atoms. The minimum absolute atomic E-state index is 0.0903. The standard InChI is InChI=1S/C18H20N2O3/c19-18-20-15(13-23-18)9-10-21-16-7-4-8-17(11-16)22-12-14-5-2-1-3-6-14/h1-8,11,15H,9-10,12-13H2,(H2,19,20)/t15-/m0/s1. The van der Waals surface area contributed by atoms with Crippen LogP contribution in [0.2, 0.25) is 0 Å². The molecule has 2 aromatic carbocycles. The second kappa shape index (κ2) is 7.54. The van der Waals surface area contributed by atoms with Crippen LogP contribution in [0, 0.1) is 0 Å². The maximum absolute atomic E-state index is 5.79. The van der Waals surface area contributed by atoms with Gasteiger partial charge in [0.2, 0.25) is 0 Å². The fourth-order valence-electron chi connectivity index (χ4n) is 2.29. The number of nitrogens with zero attached hydrogens (tertiary/aromatic N) is 1. The molecular formula is C18H20N2O3. The highest BCUT2D eigenvalue weighted by Crippen LogP contribution is 2.21. The Kier molecular flexibility index (Phi) is 4.99. The Labute approximate surface area is 135 Å². The van der Waals surface area contributed by atoms with Gasteiger partial charge in [-0.15, -0.1) is 0 Å². The third-order valence-corrected chi connectivity index (χ3v) is 3.51. The van der Waals surface area contributed by atoms with E-state index in [0.717, 1.165) is 23.5 Å². The molecular weight excluding hydrogens is 292 g/mol. The van der Waals surface area contributed by atoms with Crippen molar-refractivity contribution in [1.82, 2.24) is 0 Å². The monoisotopic (exact) mass is 312 g/mol. The molecule has 0 radical (unpaired) electrons. The topological polar surface area (TPSA) is 66.1 Å². The molecule has 0 aromatic heterocycles. The average Bonchev–Trinajstić information content (AvgIpc) is 3.00. The van der Waals surface area contributed by atoms with Crippen molar-refractivity contribution in [3.63, 3.8) is 0 Å². The summed E-state index contributed by atoms with van der Waals surface area (Å²) in [5.74, 6) is 1.57. The van der Waals surface area contributed by atoms with Crippen molar-refractivity contribution in [2.45, 2.75) is 19.1 Å². The van der Waals surface area contributed by atoms with Crippen molar-refractivity contribution < 1.29 is 14.2 Å². The molecule has 5 heteroatoms. The van der Waals surface area contributed by atoms with Crippen LogP contribution in [0.4, 0.5) is 0 Å². The van der Waals surface area contributed by atoms with Crippen LogP contribution in [0.25, 0.3) is 0 Å². The maximum Gasteiger partial charge on any atom is 0.282 e. The summed E-state index contributed by atoms with van der Waals surface area (Å²) in [4.78, 5) is 4.17. The molecule has 0 saturated carbocycles. The highest BCUT2D eigenvalue weighted by atomic mass is 16.5. The van der Waals surface area contributed by atoms with E-state index in [1.165, 1.54) is 0 Å². The number of nitrogens with two attached hydrogens (primary N) is 1. The Morgan fingerprint density at radius 2 is 1.83 bits per heavy atom. The van der Waals surface area contributed by atoms with Gasteiger partial charge in [-0.25, -0.2) is 4.99 Å². The summed E-state index contributed by atoms with van der Waals surface area (Å²) in [6.07, 6.45) is 0.774. The predicted octanol–water partition coefficient (Wildman–Crippen LogP) is 2.75. The molecule has 2 aromatic rings. The van der Waals surface area contributed by atoms with Crippen LogP contribution in [-0.4, -0.2) is 25.3 Å². The summed E-state index contributed by atoms with van der Waals surface area (Å²) in [5, 5.41) is 0. The molecule has 2 N–H and O–H groups in total. The third kappa shape index (κ3) is 4.64. The zero-order chi connectivity index (χ0) is 15.9. The molecule has 1 atom stereocenters. The lowest BCUT2D eigenvalue weighted by Crippen LogP contribution is -2.12. The van der Waals surface area contributed by atoms with Crippen LogP contribution >= 0.6 is 0 Å². The highest BCUT2D eigenvalue weighted by molar-refractivity contribution is 5.72. The normalized spacial score (nSPS) is 16.5. The second-order valence-corrected chi connectivity index (χ2v) is 5.32. The van der Waals surface area contributed by atoms with Crippen LogP contribution in [0.15, 0.2) is 59.6 Å². The minimum atomic E-state index is 0.0903. The smallest absolute Gasteiger partial charge is 0.282 e. The van der Waals surface area contributed by atoms with Gasteiger partial charge in [0.15, 0.2) is 0 Å². The number of hydrogen-bond donors (Lipinski definition) is 1. The third-order valence-electron chi connectivity index (χ3n) is 3.51. The molecule has 0 saturated heterocycles. The number of amidine groups is 1. The van der Waals surface area contributed by atoms with Crippen molar-refractivity contribution in [3.8, 4) is 11.5 Å². The Morgan fingerprint density at radius 1 is 1.04 bits per heavy atom. The summed E-state index contributed by atoms with van der Waals surface area (Å²) in [6, 6.07) is 18.1. The second-order valence-electron chi connectivity index (χ2n) is 5.32. The number of benzene rings is 2. The first-order chi connectivity index (χ1) is 11.3. The van der Waals surface area contributed by atoms with E-state index in [0.29, 0.717) is 19.8 Å². The fraction of sp³-hybridized carbons (Fsp3) is 0.278. The van der Waals surface area contributed by atoms with E-state index in [2.05, 4.69) is 4.99 Å². The first-order valence-electron chi connectivity index (χ1n) is 7.65. The Bertz CT molecular complexity index is 658. The van der Waals surface area contributed by atoms with E-state index in [1.54, 1.807) is 0 Å². The van der Waals surface area contributed by atoms with Gasteiger partial charge in [-0.2, -0.15) is 0 Å². The molecule has 23 heavy (non-hydrogen) atoms. The van der Waals surface area contributed by atoms with E-state index in [4.69, 9.17) is 19.9 Å². The lowest BCUT2D eigenvalue weighted by Gasteiger charge is -2.10. The molecule has 0 spiro atoms. The van der Waals surface area contributed by atoms with Crippen LogP contribution in [-0.2, 0) is 11.3 Å². The molecule has 0 fully saturated rings. The molecule has 0 aliphatic carbocycles. The molecule has 1 heterocycles. The summed E-state index contributed by atoms with van der Waals surface area (Å²) in [6.45, 7) is 1.64. The largest absolute Gasteiger partial charge is 0.493 e. The molecule has 1 aliphatic heterocycles. The van der Waals surface area contributed by atoms with E-state index >= 15 is 0 Å². The van der Waals surface area contributed by atoms with Gasteiger partial charge in [-0.05, 0) is 17.7 Å². The molecule has 0 amide bonds. The van der Waals surface area contributed by atoms with E-state index in [-0.39, 0.29) is 12.1 Å². The number of rotatable bonds is 7. The number of hydrogen-bond acceptors (Lipinski definition) is 5. The Balaban J connectivity index is 1.47. The van der Waals surface area contributed by atoms with Crippen molar-refractivity contribution in [1.29, 1.82) is 0 Å². The van der Waals surface area contributed by atoms with Gasteiger partial charge in [0.25, 0.3) is 6.02 Å². The summed E-state index contributed by atoms with van der Waals surface area (Å²) >= 11 is 0. The molecule has 120 valence electrons. The minimum Gasteiger partial charge on any atom is -0.493 e. The first-order valence-corrected chi connectivity index (χ1v) is 7.65. The highest BCUT2D eigenvalue weighted by Gasteiger charge is 2.16. The first kappa shape index (κ1) is 15.2. The van der Waals surface area contributed by atoms with E-state index in [9.17, 15) is 0 Å². The molecule has 0 unspecified atom stereocenters. The maximum atomic E-state index is 5.79. The van der Waals surface area contributed by atoms with Crippen molar-refractivity contribution in [2.75, 3.05) is 13.2 Å². The van der Waals surface area contributed by atoms with Gasteiger partial charge in [0.05, 0.1) is 12.6 Å². The van der Waals surface area contributed by atoms with E-state index in [1.807, 2.05) is 54.6 Å². The van der Waals surface area contributed by atoms with Gasteiger partial charge >= 0.3 is 0 Å². The average molecular weight is 312 g/mol. The van der Waals surface area contributed by atoms with Gasteiger partial charge < -0.3 is 19.9 Å². The van der Waals surface area contributed by atoms with Crippen molar-refractivity contribution >= 4 is 6.02 Å². The number of ether oxygens (including phenoxy) is 3. The zero-order valence-corrected chi connectivity index (χ0v) is 12.9. The van der Waals surface area contributed by atoms with Gasteiger partial charge in [-0.3, -0.25) is 0 Å². The summed E-state index contributed by atoms with van der Waals surface area (Å²) in [5.41, 5.74) is 6.61. The number of aliphatic imine (C=N–C) groups is 1. The molecule has 5 nitrogen and oxygen atoms in total. The van der Waals surface area contributed by atoms with Gasteiger partial charge in [0.1, 0.15) is 24.7 Å². The zero-order valence-electron chi connectivity index (χ0n) is 12.9. The van der Waals surface area contributed by atoms with E-state index < -0.39 is 0 Å². The van der Waals surface area contributed by atoms with Gasteiger partial charge in [0, 0.05) is 12.5 Å². The SMILES string of the molecule is NC1=N[C@@H](CCOc2cccc(OCc3ccccc3)c2)CO1. The van der Waals surface area contributed by atoms with Crippen LogP contribution < -0.4 is 15.2 Å².